The van der Waals surface area contributed by atoms with Gasteiger partial charge in [0, 0.05) is 18.6 Å². The maximum atomic E-state index is 8.74. The third-order valence-electron chi connectivity index (χ3n) is 2.31. The van der Waals surface area contributed by atoms with Gasteiger partial charge in [-0.15, -0.1) is 0 Å². The second-order valence-electron chi connectivity index (χ2n) is 3.69. The highest BCUT2D eigenvalue weighted by molar-refractivity contribution is 14.1. The van der Waals surface area contributed by atoms with E-state index in [-0.39, 0.29) is 0 Å². The molecule has 0 spiro atoms. The van der Waals surface area contributed by atoms with E-state index in [1.807, 2.05) is 0 Å². The van der Waals surface area contributed by atoms with E-state index in [9.17, 15) is 0 Å². The molecule has 1 heteroatoms. The molecule has 0 heterocycles. The van der Waals surface area contributed by atoms with Crippen LogP contribution in [0.5, 0.6) is 0 Å². The minimum Gasteiger partial charge on any atom is -0.0622 e. The fourth-order valence-electron chi connectivity index (χ4n) is 1.45. The van der Waals surface area contributed by atoms with Crippen molar-refractivity contribution in [2.45, 2.75) is 39.3 Å². The topological polar surface area (TPSA) is 0 Å². The van der Waals surface area contributed by atoms with Crippen molar-refractivity contribution in [1.29, 1.82) is 0 Å². The Morgan fingerprint density at radius 2 is 1.58 bits per heavy atom. The van der Waals surface area contributed by atoms with Gasteiger partial charge in [0.2, 0.25) is 0 Å². The Hall–Kier alpha value is -0.830. The minimum absolute atomic E-state index is 0.611. The maximum absolute atomic E-state index is 8.74. The predicted molar refractivity (Wildman–Crippen MR) is 92.8 cm³/mol. The van der Waals surface area contributed by atoms with Gasteiger partial charge in [-0.1, -0.05) is 57.7 Å². The van der Waals surface area contributed by atoms with Gasteiger partial charge in [-0.25, -0.2) is 0 Å². The van der Waals surface area contributed by atoms with Crippen LogP contribution in [0, 0.1) is 3.57 Å². The molecule has 0 aliphatic rings. The van der Waals surface area contributed by atoms with Crippen molar-refractivity contribution in [2.24, 2.45) is 0 Å². The number of rotatable bonds is 3. The van der Waals surface area contributed by atoms with E-state index in [2.05, 4.69) is 0 Å². The number of hydrogen-bond donors (Lipinski definition) is 0. The first kappa shape index (κ1) is 3.88. The summed E-state index contributed by atoms with van der Waals surface area (Å²) in [5.74, 6) is -6.31. The lowest BCUT2D eigenvalue weighted by molar-refractivity contribution is 0.823. The molecular weight excluding hydrogens is 343 g/mol. The van der Waals surface area contributed by atoms with Crippen molar-refractivity contribution in [1.82, 2.24) is 0 Å². The molecule has 0 saturated heterocycles. The third-order valence-corrected chi connectivity index (χ3v) is 3.39. The summed E-state index contributed by atoms with van der Waals surface area (Å²) < 4.78 is 145. The summed E-state index contributed by atoms with van der Waals surface area (Å²) >= 11 is 1.31. The SMILES string of the molecule is [2H]c1c([2H])c([2H])c(-c2c([2H])c(C([2H])(C)C([2H])([2H])[2H])c(I)c(C([2H])(C([2H])([2H])[2H])C([2H])([2H])[2H])c2[2H])c([2H])c1[2H]. The van der Waals surface area contributed by atoms with Gasteiger partial charge in [-0.2, -0.15) is 0 Å². The molecular formula is C18H21I. The largest absolute Gasteiger partial charge is 0.0633 e. The Morgan fingerprint density at radius 3 is 2.16 bits per heavy atom. The van der Waals surface area contributed by atoms with Gasteiger partial charge >= 0.3 is 0 Å². The summed E-state index contributed by atoms with van der Waals surface area (Å²) in [6.45, 7) is -9.63. The third kappa shape index (κ3) is 3.19. The van der Waals surface area contributed by atoms with E-state index in [1.54, 1.807) is 0 Å². The summed E-state index contributed by atoms with van der Waals surface area (Å²) in [7, 11) is 0. The Labute approximate surface area is 155 Å². The van der Waals surface area contributed by atoms with E-state index in [4.69, 9.17) is 24.7 Å². The predicted octanol–water partition coefficient (Wildman–Crippen LogP) is 6.21. The molecule has 0 amide bonds. The second kappa shape index (κ2) is 6.08. The zero-order valence-electron chi connectivity index (χ0n) is 27.9. The quantitative estimate of drug-likeness (QED) is 0.554. The normalized spacial score (nSPS) is 30.6. The van der Waals surface area contributed by atoms with Crippen LogP contribution >= 0.6 is 22.6 Å². The molecule has 0 saturated carbocycles. The van der Waals surface area contributed by atoms with Crippen molar-refractivity contribution >= 4 is 22.6 Å². The summed E-state index contributed by atoms with van der Waals surface area (Å²) in [4.78, 5) is 0. The average molecular weight is 382 g/mol. The van der Waals surface area contributed by atoms with Crippen LogP contribution in [0.1, 0.15) is 75.1 Å². The van der Waals surface area contributed by atoms with Crippen molar-refractivity contribution in [2.75, 3.05) is 0 Å². The first-order valence-corrected chi connectivity index (χ1v) is 6.27. The molecule has 0 fully saturated rings. The van der Waals surface area contributed by atoms with Gasteiger partial charge in [0.15, 0.2) is 0 Å². The number of halogens is 1. The fraction of sp³-hybridized carbons (Fsp3) is 0.333. The molecule has 0 nitrogen and oxygen atoms in total. The van der Waals surface area contributed by atoms with Crippen LogP contribution in [-0.2, 0) is 0 Å². The summed E-state index contributed by atoms with van der Waals surface area (Å²) in [5, 5.41) is 0. The van der Waals surface area contributed by atoms with Crippen LogP contribution in [0.4, 0.5) is 0 Å². The lowest BCUT2D eigenvalue weighted by atomic mass is 9.91. The van der Waals surface area contributed by atoms with Crippen molar-refractivity contribution < 1.29 is 24.7 Å². The van der Waals surface area contributed by atoms with Gasteiger partial charge in [0.25, 0.3) is 0 Å². The van der Waals surface area contributed by atoms with Crippen molar-refractivity contribution in [3.8, 4) is 11.1 Å². The monoisotopic (exact) mass is 382 g/mol. The van der Waals surface area contributed by atoms with E-state index in [0.29, 0.717) is 0 Å². The van der Waals surface area contributed by atoms with Crippen LogP contribution < -0.4 is 0 Å². The standard InChI is InChI=1S/C18H21I/c1-12(2)16-10-15(14-8-6-5-7-9-14)11-17(13(3)4)18(16)19/h5-13H,1-4H3/i1D3,2D3,3D3,5D,6D,7D,8D,9D,10D,11D,12D,13D. The Kier molecular flexibility index (Phi) is 1.24. The highest BCUT2D eigenvalue weighted by Gasteiger charge is 2.14. The van der Waals surface area contributed by atoms with Gasteiger partial charge in [0.1, 0.15) is 0 Å². The van der Waals surface area contributed by atoms with Gasteiger partial charge in [-0.3, -0.25) is 0 Å². The Balaban J connectivity index is 3.44. The van der Waals surface area contributed by atoms with Crippen LogP contribution in [0.15, 0.2) is 42.3 Å². The first-order chi connectivity index (χ1) is 16.3. The fourth-order valence-corrected chi connectivity index (χ4v) is 2.39. The first-order valence-electron chi connectivity index (χ1n) is 14.2. The molecule has 19 heavy (non-hydrogen) atoms. The molecule has 2 aromatic rings. The van der Waals surface area contributed by atoms with Crippen LogP contribution in [0.2, 0.25) is 0 Å². The van der Waals surface area contributed by atoms with Gasteiger partial charge in [0.05, 0.1) is 9.60 Å². The van der Waals surface area contributed by atoms with E-state index < -0.39 is 100 Å². The highest BCUT2D eigenvalue weighted by atomic mass is 127. The zero-order chi connectivity index (χ0) is 29.4. The van der Waals surface area contributed by atoms with E-state index in [1.165, 1.54) is 22.6 Å². The van der Waals surface area contributed by atoms with Crippen LogP contribution in [-0.4, -0.2) is 0 Å². The highest BCUT2D eigenvalue weighted by Crippen LogP contribution is 2.34. The van der Waals surface area contributed by atoms with E-state index in [0.717, 1.165) is 6.92 Å². The smallest absolute Gasteiger partial charge is 0.0622 e. The summed E-state index contributed by atoms with van der Waals surface area (Å²) in [6.07, 6.45) is 0. The number of benzene rings is 2. The molecule has 2 rings (SSSR count). The molecule has 1 atom stereocenters. The molecule has 0 aromatic heterocycles. The molecule has 0 aliphatic heterocycles. The Bertz CT molecular complexity index is 1210. The van der Waals surface area contributed by atoms with Crippen molar-refractivity contribution in [3.63, 3.8) is 0 Å². The minimum atomic E-state index is -3.65. The molecule has 0 N–H and O–H groups in total. The molecule has 0 aliphatic carbocycles. The maximum Gasteiger partial charge on any atom is 0.0633 e. The lowest BCUT2D eigenvalue weighted by Crippen LogP contribution is -2.00. The van der Waals surface area contributed by atoms with Crippen molar-refractivity contribution in [3.05, 3.63) is 57.0 Å². The lowest BCUT2D eigenvalue weighted by Gasteiger charge is -2.18. The molecule has 0 bridgehead atoms. The molecule has 100 valence electrons. The van der Waals surface area contributed by atoms with Gasteiger partial charge < -0.3 is 0 Å². The second-order valence-corrected chi connectivity index (χ2v) is 4.77. The van der Waals surface area contributed by atoms with E-state index >= 15 is 0 Å². The number of hydrogen-bond acceptors (Lipinski definition) is 0. The van der Waals surface area contributed by atoms with Crippen LogP contribution in [0.25, 0.3) is 11.1 Å². The van der Waals surface area contributed by atoms with Crippen LogP contribution in [0.3, 0.4) is 0 Å². The molecule has 0 radical (unpaired) electrons. The summed E-state index contributed by atoms with van der Waals surface area (Å²) in [5.41, 5.74) is -3.51. The molecule has 2 aromatic carbocycles. The van der Waals surface area contributed by atoms with Gasteiger partial charge in [-0.05, 0) is 68.7 Å². The Morgan fingerprint density at radius 1 is 1.00 bits per heavy atom. The molecule has 1 unspecified atom stereocenters. The summed E-state index contributed by atoms with van der Waals surface area (Å²) in [6, 6.07) is -6.50. The zero-order valence-corrected chi connectivity index (χ0v) is 12.0. The average Bonchev–Trinajstić information content (AvgIpc) is 2.70.